The van der Waals surface area contributed by atoms with Crippen LogP contribution in [0.3, 0.4) is 0 Å². The van der Waals surface area contributed by atoms with E-state index >= 15 is 0 Å². The molecule has 0 bridgehead atoms. The van der Waals surface area contributed by atoms with E-state index < -0.39 is 10.8 Å². The number of rotatable bonds is 4. The summed E-state index contributed by atoms with van der Waals surface area (Å²) in [6.07, 6.45) is 4.56. The lowest BCUT2D eigenvalue weighted by atomic mass is 10.2. The van der Waals surface area contributed by atoms with Crippen LogP contribution in [0.5, 0.6) is 5.88 Å². The zero-order valence-electron chi connectivity index (χ0n) is 10.1. The van der Waals surface area contributed by atoms with E-state index in [4.69, 9.17) is 9.47 Å². The quantitative estimate of drug-likeness (QED) is 0.772. The molecule has 3 heterocycles. The van der Waals surface area contributed by atoms with Gasteiger partial charge in [-0.2, -0.15) is 20.4 Å². The third-order valence-corrected chi connectivity index (χ3v) is 3.28. The van der Waals surface area contributed by atoms with Crippen LogP contribution in [0.2, 0.25) is 0 Å². The van der Waals surface area contributed by atoms with E-state index in [9.17, 15) is 4.21 Å². The first-order chi connectivity index (χ1) is 9.24. The number of hydrogen-bond acceptors (Lipinski definition) is 7. The smallest absolute Gasteiger partial charge is 0.227 e. The van der Waals surface area contributed by atoms with Crippen molar-refractivity contribution in [2.75, 3.05) is 19.5 Å². The van der Waals surface area contributed by atoms with Gasteiger partial charge >= 0.3 is 0 Å². The topological polar surface area (TPSA) is 103 Å². The van der Waals surface area contributed by atoms with Crippen LogP contribution < -0.4 is 4.74 Å². The molecule has 1 saturated heterocycles. The summed E-state index contributed by atoms with van der Waals surface area (Å²) in [7, 11) is -1.27. The summed E-state index contributed by atoms with van der Waals surface area (Å²) in [6.45, 7) is 1.04. The highest BCUT2D eigenvalue weighted by Gasteiger charge is 2.24. The zero-order chi connectivity index (χ0) is 13.2. The lowest BCUT2D eigenvalue weighted by Crippen LogP contribution is -2.39. The summed E-state index contributed by atoms with van der Waals surface area (Å²) < 4.78 is 22.2. The number of hydrogen-bond donors (Lipinski definition) is 1. The van der Waals surface area contributed by atoms with Crippen LogP contribution in [-0.2, 0) is 15.5 Å². The van der Waals surface area contributed by atoms with Gasteiger partial charge in [0.1, 0.15) is 11.8 Å². The van der Waals surface area contributed by atoms with E-state index in [0.717, 1.165) is 0 Å². The normalized spacial score (nSPS) is 16.9. The molecular weight excluding hydrogens is 270 g/mol. The van der Waals surface area contributed by atoms with Gasteiger partial charge in [-0.05, 0) is 0 Å². The molecule has 8 nitrogen and oxygen atoms in total. The van der Waals surface area contributed by atoms with Crippen LogP contribution in [0.25, 0.3) is 11.3 Å². The molecule has 1 atom stereocenters. The first-order valence-corrected chi connectivity index (χ1v) is 7.11. The van der Waals surface area contributed by atoms with E-state index in [1.165, 1.54) is 12.5 Å². The minimum absolute atomic E-state index is 0.0429. The maximum Gasteiger partial charge on any atom is 0.227 e. The fourth-order valence-corrected chi connectivity index (χ4v) is 1.94. The molecule has 0 aromatic carbocycles. The number of aromatic amines is 1. The molecule has 0 aliphatic carbocycles. The Labute approximate surface area is 111 Å². The summed E-state index contributed by atoms with van der Waals surface area (Å²) >= 11 is 0. The minimum Gasteiger partial charge on any atom is -0.469 e. The number of H-pyrrole nitrogens is 1. The molecule has 1 aliphatic rings. The second-order valence-electron chi connectivity index (χ2n) is 3.96. The van der Waals surface area contributed by atoms with E-state index in [2.05, 4.69) is 25.4 Å². The molecule has 0 spiro atoms. The van der Waals surface area contributed by atoms with Crippen LogP contribution in [0.4, 0.5) is 0 Å². The molecule has 1 fully saturated rings. The van der Waals surface area contributed by atoms with Gasteiger partial charge in [-0.15, -0.1) is 0 Å². The molecule has 19 heavy (non-hydrogen) atoms. The fraction of sp³-hybridized carbons (Fsp3) is 0.400. The van der Waals surface area contributed by atoms with Gasteiger partial charge in [-0.25, -0.2) is 4.98 Å². The maximum absolute atomic E-state index is 11.4. The van der Waals surface area contributed by atoms with Crippen LogP contribution in [-0.4, -0.2) is 55.2 Å². The average Bonchev–Trinajstić information content (AvgIpc) is 2.87. The molecule has 9 heteroatoms. The fourth-order valence-electron chi connectivity index (χ4n) is 1.53. The second-order valence-corrected chi connectivity index (χ2v) is 5.23. The van der Waals surface area contributed by atoms with Gasteiger partial charge in [0.2, 0.25) is 11.0 Å². The highest BCUT2D eigenvalue weighted by molar-refractivity contribution is 7.84. The Morgan fingerprint density at radius 2 is 2.32 bits per heavy atom. The highest BCUT2D eigenvalue weighted by atomic mass is 32.2. The number of nitrogens with zero attached hydrogens (tertiary/aromatic N) is 4. The molecule has 1 N–H and O–H groups in total. The standard InChI is InChI=1S/C10H11N5O3S/c1-19(16)10-11-2-7(8-3-12-15-14-8)9(13-10)18-6-4-17-5-6/h2-3,6H,4-5H2,1H3,(H,12,14,15). The number of ether oxygens (including phenoxy) is 2. The third-order valence-electron chi connectivity index (χ3n) is 2.57. The first kappa shape index (κ1) is 12.2. The van der Waals surface area contributed by atoms with E-state index in [0.29, 0.717) is 30.4 Å². The molecule has 1 aliphatic heterocycles. The van der Waals surface area contributed by atoms with Gasteiger partial charge in [0.25, 0.3) is 0 Å². The van der Waals surface area contributed by atoms with Gasteiger partial charge in [-0.3, -0.25) is 4.21 Å². The van der Waals surface area contributed by atoms with Crippen LogP contribution in [0, 0.1) is 0 Å². The Bertz CT molecular complexity index is 599. The van der Waals surface area contributed by atoms with Gasteiger partial charge < -0.3 is 9.47 Å². The predicted molar refractivity (Wildman–Crippen MR) is 65.0 cm³/mol. The highest BCUT2D eigenvalue weighted by Crippen LogP contribution is 2.27. The number of nitrogens with one attached hydrogen (secondary N) is 1. The monoisotopic (exact) mass is 281 g/mol. The second kappa shape index (κ2) is 5.02. The average molecular weight is 281 g/mol. The summed E-state index contributed by atoms with van der Waals surface area (Å²) in [4.78, 5) is 8.22. The summed E-state index contributed by atoms with van der Waals surface area (Å²) in [5.74, 6) is 0.349. The van der Waals surface area contributed by atoms with Crippen molar-refractivity contribution in [3.05, 3.63) is 12.4 Å². The largest absolute Gasteiger partial charge is 0.469 e. The van der Waals surface area contributed by atoms with E-state index in [-0.39, 0.29) is 11.3 Å². The summed E-state index contributed by atoms with van der Waals surface area (Å²) in [5, 5.41) is 10.5. The van der Waals surface area contributed by atoms with Crippen molar-refractivity contribution >= 4 is 10.8 Å². The molecule has 3 rings (SSSR count). The summed E-state index contributed by atoms with van der Waals surface area (Å²) in [5.41, 5.74) is 1.18. The van der Waals surface area contributed by atoms with E-state index in [1.54, 1.807) is 6.20 Å². The Hall–Kier alpha value is -1.87. The van der Waals surface area contributed by atoms with Gasteiger partial charge in [0.15, 0.2) is 0 Å². The molecule has 2 aromatic heterocycles. The SMILES string of the molecule is CS(=O)c1ncc(-c2cn[nH]n2)c(OC2COC2)n1. The van der Waals surface area contributed by atoms with Crippen molar-refractivity contribution in [1.82, 2.24) is 25.4 Å². The Balaban J connectivity index is 1.99. The van der Waals surface area contributed by atoms with Crippen LogP contribution in [0.1, 0.15) is 0 Å². The van der Waals surface area contributed by atoms with Gasteiger partial charge in [-0.1, -0.05) is 0 Å². The van der Waals surface area contributed by atoms with Crippen molar-refractivity contribution in [2.45, 2.75) is 11.3 Å². The van der Waals surface area contributed by atoms with Crippen molar-refractivity contribution in [1.29, 1.82) is 0 Å². The maximum atomic E-state index is 11.4. The van der Waals surface area contributed by atoms with Crippen molar-refractivity contribution < 1.29 is 13.7 Å². The minimum atomic E-state index is -1.27. The Morgan fingerprint density at radius 3 is 2.89 bits per heavy atom. The van der Waals surface area contributed by atoms with Crippen LogP contribution in [0.15, 0.2) is 17.6 Å². The lowest BCUT2D eigenvalue weighted by molar-refractivity contribution is -0.0813. The van der Waals surface area contributed by atoms with E-state index in [1.807, 2.05) is 0 Å². The molecule has 1 unspecified atom stereocenters. The third kappa shape index (κ3) is 2.47. The molecule has 2 aromatic rings. The van der Waals surface area contributed by atoms with Crippen molar-refractivity contribution in [3.63, 3.8) is 0 Å². The van der Waals surface area contributed by atoms with Crippen molar-refractivity contribution in [3.8, 4) is 17.1 Å². The lowest BCUT2D eigenvalue weighted by Gasteiger charge is -2.26. The van der Waals surface area contributed by atoms with Crippen LogP contribution >= 0.6 is 0 Å². The predicted octanol–water partition coefficient (Wildman–Crippen LogP) is -0.223. The molecule has 100 valence electrons. The Morgan fingerprint density at radius 1 is 1.47 bits per heavy atom. The molecular formula is C10H11N5O3S. The van der Waals surface area contributed by atoms with Gasteiger partial charge in [0.05, 0.1) is 35.8 Å². The first-order valence-electron chi connectivity index (χ1n) is 5.55. The number of aromatic nitrogens is 5. The zero-order valence-corrected chi connectivity index (χ0v) is 10.9. The molecule has 0 radical (unpaired) electrons. The molecule has 0 amide bonds. The molecule has 0 saturated carbocycles. The van der Waals surface area contributed by atoms with Gasteiger partial charge in [0, 0.05) is 12.5 Å². The van der Waals surface area contributed by atoms with Crippen molar-refractivity contribution in [2.24, 2.45) is 0 Å². The summed E-state index contributed by atoms with van der Waals surface area (Å²) in [6, 6.07) is 0. The Kier molecular flexibility index (Phi) is 3.22.